The first-order valence-electron chi connectivity index (χ1n) is 6.63. The Kier molecular flexibility index (Phi) is 6.61. The quantitative estimate of drug-likeness (QED) is 0.777. The average molecular weight is 304 g/mol. The summed E-state index contributed by atoms with van der Waals surface area (Å²) in [6.07, 6.45) is 1.90. The van der Waals surface area contributed by atoms with Gasteiger partial charge in [0.25, 0.3) is 0 Å². The molecule has 0 aliphatic carbocycles. The van der Waals surface area contributed by atoms with E-state index in [1.807, 2.05) is 18.2 Å². The summed E-state index contributed by atoms with van der Waals surface area (Å²) >= 11 is 12.3. The SMILES string of the molecule is CCNC(CCC(C)(C)OC)c1cc(Cl)ccc1Cl. The first-order valence-corrected chi connectivity index (χ1v) is 7.38. The lowest BCUT2D eigenvalue weighted by Gasteiger charge is -2.27. The van der Waals surface area contributed by atoms with Crippen molar-refractivity contribution in [1.82, 2.24) is 5.32 Å². The second kappa shape index (κ2) is 7.49. The minimum absolute atomic E-state index is 0.126. The van der Waals surface area contributed by atoms with Gasteiger partial charge in [-0.05, 0) is 57.0 Å². The Labute approximate surface area is 126 Å². The second-order valence-electron chi connectivity index (χ2n) is 5.28. The number of ether oxygens (including phenoxy) is 1. The van der Waals surface area contributed by atoms with Crippen LogP contribution in [-0.4, -0.2) is 19.3 Å². The van der Waals surface area contributed by atoms with Gasteiger partial charge in [-0.2, -0.15) is 0 Å². The molecule has 108 valence electrons. The number of hydrogen-bond donors (Lipinski definition) is 1. The fourth-order valence-corrected chi connectivity index (χ4v) is 2.42. The number of methoxy groups -OCH3 is 1. The Morgan fingerprint density at radius 2 is 2.00 bits per heavy atom. The molecule has 1 N–H and O–H groups in total. The average Bonchev–Trinajstić information content (AvgIpc) is 2.37. The highest BCUT2D eigenvalue weighted by Crippen LogP contribution is 2.31. The van der Waals surface area contributed by atoms with Crippen LogP contribution in [0, 0.1) is 0 Å². The summed E-state index contributed by atoms with van der Waals surface area (Å²) in [5, 5.41) is 4.94. The molecule has 0 spiro atoms. The number of rotatable bonds is 7. The minimum atomic E-state index is -0.126. The van der Waals surface area contributed by atoms with E-state index in [-0.39, 0.29) is 11.6 Å². The van der Waals surface area contributed by atoms with Crippen LogP contribution in [0.3, 0.4) is 0 Å². The zero-order valence-electron chi connectivity index (χ0n) is 12.1. The molecule has 4 heteroatoms. The van der Waals surface area contributed by atoms with Gasteiger partial charge in [-0.1, -0.05) is 30.1 Å². The first kappa shape index (κ1) is 16.8. The highest BCUT2D eigenvalue weighted by atomic mass is 35.5. The van der Waals surface area contributed by atoms with E-state index in [4.69, 9.17) is 27.9 Å². The fraction of sp³-hybridized carbons (Fsp3) is 0.600. The van der Waals surface area contributed by atoms with Gasteiger partial charge in [0.2, 0.25) is 0 Å². The molecule has 0 fully saturated rings. The standard InChI is InChI=1S/C15H23Cl2NO/c1-5-18-14(8-9-15(2,3)19-4)12-10-11(16)6-7-13(12)17/h6-7,10,14,18H,5,8-9H2,1-4H3. The summed E-state index contributed by atoms with van der Waals surface area (Å²) in [6, 6.07) is 5.81. The molecule has 0 saturated heterocycles. The summed E-state index contributed by atoms with van der Waals surface area (Å²) in [6.45, 7) is 7.17. The van der Waals surface area contributed by atoms with Crippen LogP contribution in [0.4, 0.5) is 0 Å². The maximum atomic E-state index is 6.28. The molecular formula is C15H23Cl2NO. The lowest BCUT2D eigenvalue weighted by molar-refractivity contribution is 0.0117. The Morgan fingerprint density at radius 1 is 1.32 bits per heavy atom. The van der Waals surface area contributed by atoms with Crippen molar-refractivity contribution < 1.29 is 4.74 Å². The van der Waals surface area contributed by atoms with Crippen molar-refractivity contribution in [2.45, 2.75) is 45.3 Å². The van der Waals surface area contributed by atoms with E-state index in [1.54, 1.807) is 7.11 Å². The van der Waals surface area contributed by atoms with Crippen LogP contribution in [0.5, 0.6) is 0 Å². The smallest absolute Gasteiger partial charge is 0.0623 e. The van der Waals surface area contributed by atoms with Crippen molar-refractivity contribution in [3.63, 3.8) is 0 Å². The summed E-state index contributed by atoms with van der Waals surface area (Å²) in [4.78, 5) is 0. The van der Waals surface area contributed by atoms with E-state index in [0.29, 0.717) is 5.02 Å². The normalized spacial score (nSPS) is 13.6. The van der Waals surface area contributed by atoms with Gasteiger partial charge in [-0.25, -0.2) is 0 Å². The Bertz CT molecular complexity index is 407. The molecule has 2 nitrogen and oxygen atoms in total. The summed E-state index contributed by atoms with van der Waals surface area (Å²) in [5.74, 6) is 0. The van der Waals surface area contributed by atoms with Crippen molar-refractivity contribution in [3.05, 3.63) is 33.8 Å². The van der Waals surface area contributed by atoms with Crippen LogP contribution >= 0.6 is 23.2 Å². The molecule has 0 bridgehead atoms. The molecule has 1 unspecified atom stereocenters. The number of halogens is 2. The molecule has 1 rings (SSSR count). The molecule has 1 aromatic rings. The summed E-state index contributed by atoms with van der Waals surface area (Å²) < 4.78 is 5.47. The second-order valence-corrected chi connectivity index (χ2v) is 6.12. The molecule has 19 heavy (non-hydrogen) atoms. The fourth-order valence-electron chi connectivity index (χ4n) is 1.99. The van der Waals surface area contributed by atoms with Crippen LogP contribution in [0.2, 0.25) is 10.0 Å². The van der Waals surface area contributed by atoms with Crippen LogP contribution in [0.15, 0.2) is 18.2 Å². The van der Waals surface area contributed by atoms with Crippen molar-refractivity contribution in [2.24, 2.45) is 0 Å². The van der Waals surface area contributed by atoms with Crippen molar-refractivity contribution in [3.8, 4) is 0 Å². The van der Waals surface area contributed by atoms with Gasteiger partial charge in [0.05, 0.1) is 5.60 Å². The van der Waals surface area contributed by atoms with Gasteiger partial charge >= 0.3 is 0 Å². The third-order valence-corrected chi connectivity index (χ3v) is 3.95. The lowest BCUT2D eigenvalue weighted by Crippen LogP contribution is -2.27. The van der Waals surface area contributed by atoms with Crippen molar-refractivity contribution in [1.29, 1.82) is 0 Å². The summed E-state index contributed by atoms with van der Waals surface area (Å²) in [7, 11) is 1.74. The molecule has 1 aromatic carbocycles. The van der Waals surface area contributed by atoms with Crippen LogP contribution in [0.1, 0.15) is 45.2 Å². The van der Waals surface area contributed by atoms with Crippen LogP contribution in [-0.2, 0) is 4.74 Å². The maximum Gasteiger partial charge on any atom is 0.0623 e. The maximum absolute atomic E-state index is 6.28. The van der Waals surface area contributed by atoms with Gasteiger partial charge in [-0.15, -0.1) is 0 Å². The summed E-state index contributed by atoms with van der Waals surface area (Å²) in [5.41, 5.74) is 0.932. The van der Waals surface area contributed by atoms with E-state index in [9.17, 15) is 0 Å². The predicted molar refractivity (Wildman–Crippen MR) is 83.2 cm³/mol. The zero-order valence-corrected chi connectivity index (χ0v) is 13.6. The molecule has 0 aliphatic heterocycles. The Hall–Kier alpha value is -0.280. The molecule has 0 saturated carbocycles. The third-order valence-electron chi connectivity index (χ3n) is 3.37. The molecule has 1 atom stereocenters. The lowest BCUT2D eigenvalue weighted by atomic mass is 9.95. The molecule has 0 aromatic heterocycles. The van der Waals surface area contributed by atoms with Crippen molar-refractivity contribution >= 4 is 23.2 Å². The minimum Gasteiger partial charge on any atom is -0.379 e. The highest BCUT2D eigenvalue weighted by molar-refractivity contribution is 6.33. The third kappa shape index (κ3) is 5.31. The van der Waals surface area contributed by atoms with Gasteiger partial charge in [0.1, 0.15) is 0 Å². The van der Waals surface area contributed by atoms with Gasteiger partial charge in [0, 0.05) is 23.2 Å². The van der Waals surface area contributed by atoms with E-state index in [0.717, 1.165) is 30.0 Å². The van der Waals surface area contributed by atoms with Crippen LogP contribution in [0.25, 0.3) is 0 Å². The van der Waals surface area contributed by atoms with Crippen molar-refractivity contribution in [2.75, 3.05) is 13.7 Å². The van der Waals surface area contributed by atoms with Gasteiger partial charge in [-0.3, -0.25) is 0 Å². The van der Waals surface area contributed by atoms with Gasteiger partial charge < -0.3 is 10.1 Å². The van der Waals surface area contributed by atoms with E-state index < -0.39 is 0 Å². The van der Waals surface area contributed by atoms with E-state index >= 15 is 0 Å². The first-order chi connectivity index (χ1) is 8.89. The Morgan fingerprint density at radius 3 is 2.58 bits per heavy atom. The number of benzene rings is 1. The predicted octanol–water partition coefficient (Wildman–Crippen LogP) is 4.85. The number of hydrogen-bond acceptors (Lipinski definition) is 2. The zero-order chi connectivity index (χ0) is 14.5. The van der Waals surface area contributed by atoms with E-state index in [1.165, 1.54) is 0 Å². The van der Waals surface area contributed by atoms with Crippen LogP contribution < -0.4 is 5.32 Å². The molecule has 0 aliphatic rings. The van der Waals surface area contributed by atoms with E-state index in [2.05, 4.69) is 26.1 Å². The molecule has 0 radical (unpaired) electrons. The topological polar surface area (TPSA) is 21.3 Å². The monoisotopic (exact) mass is 303 g/mol. The van der Waals surface area contributed by atoms with Gasteiger partial charge in [0.15, 0.2) is 0 Å². The number of nitrogens with one attached hydrogen (secondary N) is 1. The molecule has 0 heterocycles. The molecular weight excluding hydrogens is 281 g/mol. The molecule has 0 amide bonds. The highest BCUT2D eigenvalue weighted by Gasteiger charge is 2.21. The largest absolute Gasteiger partial charge is 0.379 e. The Balaban J connectivity index is 2.85.